The number of aryl methyl sites for hydroxylation is 1. The number of fused-ring (bicyclic) bond motifs is 2. The van der Waals surface area contributed by atoms with Crippen molar-refractivity contribution >= 4 is 46.6 Å². The summed E-state index contributed by atoms with van der Waals surface area (Å²) in [4.78, 5) is 16.7. The molecule has 2 aliphatic rings. The summed E-state index contributed by atoms with van der Waals surface area (Å²) in [5.74, 6) is 0.413. The molecule has 1 heterocycles. The number of carbonyl (C=O) groups is 1. The number of nitrogens with zero attached hydrogens (tertiary/aromatic N) is 1. The van der Waals surface area contributed by atoms with Crippen LogP contribution in [0.3, 0.4) is 0 Å². The lowest BCUT2D eigenvalue weighted by Crippen LogP contribution is -2.23. The molecule has 1 atom stereocenters. The van der Waals surface area contributed by atoms with E-state index in [-0.39, 0.29) is 0 Å². The molecule has 4 nitrogen and oxygen atoms in total. The number of nitrogens with one attached hydrogen (secondary N) is 1. The second-order valence-electron chi connectivity index (χ2n) is 5.53. The Balaban J connectivity index is 1.95. The van der Waals surface area contributed by atoms with Gasteiger partial charge in [-0.3, -0.25) is 10.3 Å². The number of halogens is 3. The standard InChI is InChI=1S/C14H15Cl3N2O2/c1-7-5-6-9-11(7)18-10-4-2-3-8(10)12(9)19-13(20)21-14(15,16)17/h7H,2-6H2,1H3,(H,18,19,20). The Kier molecular flexibility index (Phi) is 3.97. The van der Waals surface area contributed by atoms with Crippen molar-refractivity contribution in [1.82, 2.24) is 4.98 Å². The molecule has 3 rings (SSSR count). The van der Waals surface area contributed by atoms with Crippen LogP contribution in [0.25, 0.3) is 0 Å². The van der Waals surface area contributed by atoms with Gasteiger partial charge in [-0.1, -0.05) is 6.92 Å². The Morgan fingerprint density at radius 1 is 1.29 bits per heavy atom. The van der Waals surface area contributed by atoms with Crippen molar-refractivity contribution in [2.24, 2.45) is 0 Å². The predicted octanol–water partition coefficient (Wildman–Crippen LogP) is 4.50. The molecule has 7 heteroatoms. The van der Waals surface area contributed by atoms with E-state index in [1.165, 1.54) is 0 Å². The van der Waals surface area contributed by atoms with Crippen LogP contribution in [0.4, 0.5) is 10.5 Å². The summed E-state index contributed by atoms with van der Waals surface area (Å²) in [5.41, 5.74) is 5.18. The zero-order chi connectivity index (χ0) is 15.2. The molecule has 1 N–H and O–H groups in total. The number of alkyl halides is 3. The number of aromatic nitrogens is 1. The average Bonchev–Trinajstić information content (AvgIpc) is 2.94. The molecule has 0 spiro atoms. The van der Waals surface area contributed by atoms with Crippen molar-refractivity contribution in [2.45, 2.75) is 48.9 Å². The van der Waals surface area contributed by atoms with E-state index < -0.39 is 10.1 Å². The fourth-order valence-electron chi connectivity index (χ4n) is 3.19. The fraction of sp³-hybridized carbons (Fsp3) is 0.571. The van der Waals surface area contributed by atoms with Crippen LogP contribution in [0.2, 0.25) is 0 Å². The van der Waals surface area contributed by atoms with Gasteiger partial charge in [0.15, 0.2) is 0 Å². The normalized spacial score (nSPS) is 20.1. The van der Waals surface area contributed by atoms with Crippen LogP contribution >= 0.6 is 34.8 Å². The highest BCUT2D eigenvalue weighted by molar-refractivity contribution is 6.66. The van der Waals surface area contributed by atoms with E-state index in [4.69, 9.17) is 44.5 Å². The van der Waals surface area contributed by atoms with Gasteiger partial charge in [0.1, 0.15) is 0 Å². The molecule has 0 bridgehead atoms. The Bertz CT molecular complexity index is 599. The summed E-state index contributed by atoms with van der Waals surface area (Å²) in [6, 6.07) is 0. The van der Waals surface area contributed by atoms with Gasteiger partial charge in [0, 0.05) is 11.4 Å². The van der Waals surface area contributed by atoms with Crippen LogP contribution in [-0.2, 0) is 24.0 Å². The van der Waals surface area contributed by atoms with E-state index in [9.17, 15) is 4.79 Å². The minimum absolute atomic E-state index is 0.413. The first kappa shape index (κ1) is 15.2. The van der Waals surface area contributed by atoms with E-state index in [0.717, 1.165) is 60.3 Å². The Labute approximate surface area is 138 Å². The molecule has 1 aromatic rings. The van der Waals surface area contributed by atoms with Crippen molar-refractivity contribution in [1.29, 1.82) is 0 Å². The summed E-state index contributed by atoms with van der Waals surface area (Å²) in [7, 11) is 0. The van der Waals surface area contributed by atoms with Crippen LogP contribution < -0.4 is 5.32 Å². The summed E-state index contributed by atoms with van der Waals surface area (Å²) in [6.07, 6.45) is 4.10. The molecule has 0 saturated carbocycles. The molecule has 0 aliphatic heterocycles. The van der Waals surface area contributed by atoms with Crippen LogP contribution in [0.5, 0.6) is 0 Å². The number of hydrogen-bond donors (Lipinski definition) is 1. The molecule has 1 unspecified atom stereocenters. The lowest BCUT2D eigenvalue weighted by Gasteiger charge is -2.18. The van der Waals surface area contributed by atoms with Gasteiger partial charge in [0.05, 0.1) is 5.69 Å². The second-order valence-corrected chi connectivity index (χ2v) is 7.71. The smallest absolute Gasteiger partial charge is 0.398 e. The van der Waals surface area contributed by atoms with Crippen molar-refractivity contribution in [3.8, 4) is 0 Å². The minimum atomic E-state index is -2.06. The summed E-state index contributed by atoms with van der Waals surface area (Å²) >= 11 is 16.5. The monoisotopic (exact) mass is 348 g/mol. The molecular weight excluding hydrogens is 335 g/mol. The number of hydrogen-bond acceptors (Lipinski definition) is 3. The number of pyridine rings is 1. The van der Waals surface area contributed by atoms with Crippen LogP contribution in [0.15, 0.2) is 0 Å². The van der Waals surface area contributed by atoms with E-state index in [0.29, 0.717) is 5.92 Å². The lowest BCUT2D eigenvalue weighted by atomic mass is 10.0. The van der Waals surface area contributed by atoms with Gasteiger partial charge >= 0.3 is 10.1 Å². The highest BCUT2D eigenvalue weighted by atomic mass is 35.6. The molecule has 1 aromatic heterocycles. The van der Waals surface area contributed by atoms with Crippen molar-refractivity contribution in [3.63, 3.8) is 0 Å². The third kappa shape index (κ3) is 3.08. The molecule has 0 saturated heterocycles. The lowest BCUT2D eigenvalue weighted by molar-refractivity contribution is 0.160. The fourth-order valence-corrected chi connectivity index (χ4v) is 3.40. The zero-order valence-electron chi connectivity index (χ0n) is 11.5. The third-order valence-electron chi connectivity index (χ3n) is 4.09. The van der Waals surface area contributed by atoms with Crippen molar-refractivity contribution in [2.75, 3.05) is 5.32 Å². The topological polar surface area (TPSA) is 51.2 Å². The van der Waals surface area contributed by atoms with E-state index in [2.05, 4.69) is 12.2 Å². The highest BCUT2D eigenvalue weighted by Crippen LogP contribution is 2.41. The Morgan fingerprint density at radius 2 is 2.05 bits per heavy atom. The van der Waals surface area contributed by atoms with Gasteiger partial charge < -0.3 is 4.74 Å². The predicted molar refractivity (Wildman–Crippen MR) is 83.4 cm³/mol. The largest absolute Gasteiger partial charge is 0.415 e. The van der Waals surface area contributed by atoms with Gasteiger partial charge in [-0.15, -0.1) is 0 Å². The maximum absolute atomic E-state index is 11.9. The Morgan fingerprint density at radius 3 is 2.76 bits per heavy atom. The quantitative estimate of drug-likeness (QED) is 0.760. The van der Waals surface area contributed by atoms with Crippen LogP contribution in [-0.4, -0.2) is 15.1 Å². The van der Waals surface area contributed by atoms with Crippen molar-refractivity contribution < 1.29 is 9.53 Å². The zero-order valence-corrected chi connectivity index (χ0v) is 13.8. The molecule has 0 fully saturated rings. The SMILES string of the molecule is CC1CCc2c1nc1c(c2NC(=O)OC(Cl)(Cl)Cl)CCC1. The average molecular weight is 350 g/mol. The maximum atomic E-state index is 11.9. The van der Waals surface area contributed by atoms with E-state index in [1.54, 1.807) is 0 Å². The first-order valence-corrected chi connectivity index (χ1v) is 8.10. The van der Waals surface area contributed by atoms with Crippen LogP contribution in [0.1, 0.15) is 48.2 Å². The van der Waals surface area contributed by atoms with E-state index >= 15 is 0 Å². The van der Waals surface area contributed by atoms with E-state index in [1.807, 2.05) is 0 Å². The summed E-state index contributed by atoms with van der Waals surface area (Å²) in [5, 5.41) is 2.77. The maximum Gasteiger partial charge on any atom is 0.415 e. The van der Waals surface area contributed by atoms with Gasteiger partial charge in [-0.05, 0) is 84.0 Å². The van der Waals surface area contributed by atoms with Gasteiger partial charge in [-0.2, -0.15) is 0 Å². The van der Waals surface area contributed by atoms with Gasteiger partial charge in [0.2, 0.25) is 0 Å². The summed E-state index contributed by atoms with van der Waals surface area (Å²) < 4.78 is 2.66. The van der Waals surface area contributed by atoms with Crippen molar-refractivity contribution in [3.05, 3.63) is 22.5 Å². The number of ether oxygens (including phenoxy) is 1. The third-order valence-corrected chi connectivity index (χ3v) is 4.32. The number of rotatable bonds is 1. The number of amides is 1. The molecular formula is C14H15Cl3N2O2. The molecule has 0 radical (unpaired) electrons. The first-order valence-electron chi connectivity index (χ1n) is 6.96. The van der Waals surface area contributed by atoms with Gasteiger partial charge in [-0.25, -0.2) is 4.79 Å². The molecule has 0 aromatic carbocycles. The number of anilines is 1. The minimum Gasteiger partial charge on any atom is -0.398 e. The molecule has 1 amide bonds. The van der Waals surface area contributed by atoms with Gasteiger partial charge in [0.25, 0.3) is 0 Å². The second kappa shape index (κ2) is 5.49. The summed E-state index contributed by atoms with van der Waals surface area (Å²) in [6.45, 7) is 2.16. The molecule has 114 valence electrons. The Hall–Kier alpha value is -0.710. The molecule has 21 heavy (non-hydrogen) atoms. The van der Waals surface area contributed by atoms with Crippen LogP contribution in [0, 0.1) is 0 Å². The molecule has 2 aliphatic carbocycles. The number of carbonyl (C=O) groups excluding carboxylic acids is 1. The first-order chi connectivity index (χ1) is 9.85. The highest BCUT2D eigenvalue weighted by Gasteiger charge is 2.31.